The van der Waals surface area contributed by atoms with Gasteiger partial charge in [0.1, 0.15) is 34.1 Å². The van der Waals surface area contributed by atoms with Crippen LogP contribution in [0.15, 0.2) is 57.8 Å². The van der Waals surface area contributed by atoms with Gasteiger partial charge in [-0.2, -0.15) is 36.5 Å². The lowest BCUT2D eigenvalue weighted by molar-refractivity contribution is -0.149. The van der Waals surface area contributed by atoms with Crippen LogP contribution in [0, 0.1) is 11.6 Å². The summed E-state index contributed by atoms with van der Waals surface area (Å²) in [6.45, 7) is 5.83. The Bertz CT molecular complexity index is 2570. The molecule has 2 aliphatic rings. The molecule has 0 bridgehead atoms. The second kappa shape index (κ2) is 17.8. The lowest BCUT2D eigenvalue weighted by Crippen LogP contribution is -2.43. The maximum absolute atomic E-state index is 14.5. The summed E-state index contributed by atoms with van der Waals surface area (Å²) in [6.07, 6.45) is -7.73. The van der Waals surface area contributed by atoms with Crippen LogP contribution in [0.5, 0.6) is 0 Å². The smallest absolute Gasteiger partial charge is 0.433 e. The SMILES string of the molecule is CCOC(=O)c1c(-c2c(F)cccc2Cl)noc1-c1cnn(C2CC(C)(O)C2)c1C(F)(F)F.CCOC(=O)c1c(-c2c(F)cccc2Cl)noc1-c1cnn(C2CC(C)(O)C2)c1C(F)(F)F. The predicted molar refractivity (Wildman–Crippen MR) is 216 cm³/mol. The average molecular weight is 976 g/mol. The van der Waals surface area contributed by atoms with Gasteiger partial charge in [-0.1, -0.05) is 45.6 Å². The summed E-state index contributed by atoms with van der Waals surface area (Å²) in [5.41, 5.74) is -8.12. The van der Waals surface area contributed by atoms with Crippen molar-refractivity contribution in [3.05, 3.63) is 93.0 Å². The second-order valence-electron chi connectivity index (χ2n) is 15.9. The molecule has 2 aliphatic carbocycles. The monoisotopic (exact) mass is 974 g/mol. The highest BCUT2D eigenvalue weighted by atomic mass is 35.5. The Labute approximate surface area is 377 Å². The fourth-order valence-electron chi connectivity index (χ4n) is 7.95. The van der Waals surface area contributed by atoms with Crippen LogP contribution in [0.4, 0.5) is 35.1 Å². The van der Waals surface area contributed by atoms with E-state index in [9.17, 15) is 54.9 Å². The minimum absolute atomic E-state index is 0.0639. The number of nitrogens with zero attached hydrogens (tertiary/aromatic N) is 6. The summed E-state index contributed by atoms with van der Waals surface area (Å²) in [5, 5.41) is 34.7. The average Bonchev–Trinajstić information content (AvgIpc) is 4.00. The first kappa shape index (κ1) is 48.1. The number of hydrogen-bond acceptors (Lipinski definition) is 12. The quantitative estimate of drug-likeness (QED) is 0.0981. The van der Waals surface area contributed by atoms with Gasteiger partial charge in [0.05, 0.1) is 81.2 Å². The van der Waals surface area contributed by atoms with Crippen molar-refractivity contribution in [3.8, 4) is 45.2 Å². The molecule has 2 N–H and O–H groups in total. The van der Waals surface area contributed by atoms with Gasteiger partial charge >= 0.3 is 24.3 Å². The van der Waals surface area contributed by atoms with Crippen molar-refractivity contribution >= 4 is 35.1 Å². The van der Waals surface area contributed by atoms with E-state index in [0.717, 1.165) is 33.9 Å². The van der Waals surface area contributed by atoms with E-state index in [4.69, 9.17) is 41.7 Å². The third kappa shape index (κ3) is 9.14. The van der Waals surface area contributed by atoms with Crippen LogP contribution in [0.2, 0.25) is 10.0 Å². The number of alkyl halides is 6. The van der Waals surface area contributed by atoms with E-state index in [0.29, 0.717) is 0 Å². The fourth-order valence-corrected chi connectivity index (χ4v) is 8.46. The molecular formula is C42H36Cl2F8N6O8. The first-order valence-electron chi connectivity index (χ1n) is 19.9. The highest BCUT2D eigenvalue weighted by Crippen LogP contribution is 2.49. The first-order chi connectivity index (χ1) is 30.9. The van der Waals surface area contributed by atoms with Gasteiger partial charge < -0.3 is 28.7 Å². The number of aromatic nitrogens is 6. The summed E-state index contributed by atoms with van der Waals surface area (Å²) in [6, 6.07) is 6.03. The molecule has 8 rings (SSSR count). The standard InChI is InChI=1S/2C21H18ClF4N3O4/c2*1-3-32-19(30)15-16(14-12(22)5-4-6-13(14)23)28-33-17(15)11-9-27-29(18(11)21(24,25)26)10-7-20(2,31)8-10/h2*4-6,9-10,31H,3,7-8H2,1-2H3. The van der Waals surface area contributed by atoms with Crippen molar-refractivity contribution in [1.29, 1.82) is 0 Å². The zero-order chi connectivity index (χ0) is 48.3. The minimum Gasteiger partial charge on any atom is -0.462 e. The Morgan fingerprint density at radius 1 is 0.697 bits per heavy atom. The number of benzene rings is 2. The van der Waals surface area contributed by atoms with E-state index in [-0.39, 0.29) is 71.5 Å². The molecule has 352 valence electrons. The van der Waals surface area contributed by atoms with Gasteiger partial charge in [0.15, 0.2) is 22.9 Å². The van der Waals surface area contributed by atoms with Crippen LogP contribution in [0.3, 0.4) is 0 Å². The van der Waals surface area contributed by atoms with Gasteiger partial charge in [0.2, 0.25) is 0 Å². The molecule has 0 spiro atoms. The second-order valence-corrected chi connectivity index (χ2v) is 16.7. The third-order valence-corrected chi connectivity index (χ3v) is 11.4. The zero-order valence-corrected chi connectivity index (χ0v) is 36.3. The Morgan fingerprint density at radius 3 is 1.33 bits per heavy atom. The summed E-state index contributed by atoms with van der Waals surface area (Å²) in [4.78, 5) is 25.5. The molecule has 4 heterocycles. The number of esters is 2. The maximum Gasteiger partial charge on any atom is 0.433 e. The number of ether oxygens (including phenoxy) is 2. The van der Waals surface area contributed by atoms with Gasteiger partial charge in [-0.05, 0) is 77.6 Å². The fraction of sp³-hybridized carbons (Fsp3) is 0.381. The van der Waals surface area contributed by atoms with Gasteiger partial charge in [-0.15, -0.1) is 0 Å². The number of rotatable bonds is 10. The molecule has 24 heteroatoms. The van der Waals surface area contributed by atoms with Crippen LogP contribution in [-0.4, -0.2) is 76.4 Å². The Morgan fingerprint density at radius 2 is 1.05 bits per heavy atom. The van der Waals surface area contributed by atoms with Crippen LogP contribution in [-0.2, 0) is 21.8 Å². The molecule has 14 nitrogen and oxygen atoms in total. The lowest BCUT2D eigenvalue weighted by Gasteiger charge is -2.41. The van der Waals surface area contributed by atoms with E-state index in [2.05, 4.69) is 20.5 Å². The van der Waals surface area contributed by atoms with Gasteiger partial charge in [0.25, 0.3) is 0 Å². The molecule has 0 saturated heterocycles. The molecule has 0 unspecified atom stereocenters. The molecule has 0 amide bonds. The topological polar surface area (TPSA) is 181 Å². The van der Waals surface area contributed by atoms with Crippen LogP contribution in [0.1, 0.15) is 97.6 Å². The van der Waals surface area contributed by atoms with E-state index in [1.807, 2.05) is 0 Å². The summed E-state index contributed by atoms with van der Waals surface area (Å²) >= 11 is 12.2. The van der Waals surface area contributed by atoms with Gasteiger partial charge in [0, 0.05) is 0 Å². The highest BCUT2D eigenvalue weighted by molar-refractivity contribution is 6.34. The molecule has 4 aromatic heterocycles. The van der Waals surface area contributed by atoms with Crippen molar-refractivity contribution in [3.63, 3.8) is 0 Å². The van der Waals surface area contributed by atoms with Crippen LogP contribution in [0.25, 0.3) is 45.2 Å². The van der Waals surface area contributed by atoms with Crippen molar-refractivity contribution in [1.82, 2.24) is 29.9 Å². The molecule has 66 heavy (non-hydrogen) atoms. The Kier molecular flexibility index (Phi) is 12.9. The predicted octanol–water partition coefficient (Wildman–Crippen LogP) is 10.6. The molecule has 2 fully saturated rings. The minimum atomic E-state index is -4.89. The van der Waals surface area contributed by atoms with E-state index >= 15 is 0 Å². The first-order valence-corrected chi connectivity index (χ1v) is 20.6. The van der Waals surface area contributed by atoms with Gasteiger partial charge in [-0.25, -0.2) is 18.4 Å². The highest BCUT2D eigenvalue weighted by Gasteiger charge is 2.49. The number of aliphatic hydroxyl groups is 2. The van der Waals surface area contributed by atoms with Crippen LogP contribution < -0.4 is 0 Å². The Hall–Kier alpha value is -5.84. The number of carbonyl (C=O) groups is 2. The zero-order valence-electron chi connectivity index (χ0n) is 34.8. The molecule has 2 aromatic carbocycles. The molecule has 6 aromatic rings. The van der Waals surface area contributed by atoms with Crippen molar-refractivity contribution in [2.45, 2.75) is 89.0 Å². The number of halogens is 10. The van der Waals surface area contributed by atoms with E-state index in [1.54, 1.807) is 0 Å². The summed E-state index contributed by atoms with van der Waals surface area (Å²) < 4.78 is 135. The van der Waals surface area contributed by atoms with Crippen LogP contribution >= 0.6 is 23.2 Å². The number of carbonyl (C=O) groups excluding carboxylic acids is 2. The van der Waals surface area contributed by atoms with Crippen molar-refractivity contribution in [2.24, 2.45) is 0 Å². The van der Waals surface area contributed by atoms with E-state index in [1.165, 1.54) is 52.0 Å². The van der Waals surface area contributed by atoms with Gasteiger partial charge in [-0.3, -0.25) is 9.36 Å². The third-order valence-electron chi connectivity index (χ3n) is 10.8. The largest absolute Gasteiger partial charge is 0.462 e. The molecule has 0 atom stereocenters. The molecule has 2 saturated carbocycles. The van der Waals surface area contributed by atoms with E-state index < -0.39 is 104 Å². The molecule has 0 aliphatic heterocycles. The molecular weight excluding hydrogens is 939 g/mol. The maximum atomic E-state index is 14.5. The normalized spacial score (nSPS) is 20.5. The Balaban J connectivity index is 0.000000196. The lowest BCUT2D eigenvalue weighted by atomic mass is 9.77. The number of hydrogen-bond donors (Lipinski definition) is 2. The van der Waals surface area contributed by atoms with Crippen molar-refractivity contribution in [2.75, 3.05) is 13.2 Å². The molecule has 0 radical (unpaired) electrons. The summed E-state index contributed by atoms with van der Waals surface area (Å²) in [5.74, 6) is -4.97. The van der Waals surface area contributed by atoms with Crippen molar-refractivity contribution < 1.29 is 73.4 Å². The summed E-state index contributed by atoms with van der Waals surface area (Å²) in [7, 11) is 0.